The molecule has 200 valence electrons. The van der Waals surface area contributed by atoms with Gasteiger partial charge >= 0.3 is 12.1 Å². The lowest BCUT2D eigenvalue weighted by molar-refractivity contribution is -0.144. The van der Waals surface area contributed by atoms with Crippen molar-refractivity contribution in [2.24, 2.45) is 11.8 Å². The highest BCUT2D eigenvalue weighted by molar-refractivity contribution is 5.97. The third kappa shape index (κ3) is 11.0. The summed E-state index contributed by atoms with van der Waals surface area (Å²) in [6.45, 7) is 18.5. The lowest BCUT2D eigenvalue weighted by Gasteiger charge is -2.34. The molecule has 0 aliphatic heterocycles. The van der Waals surface area contributed by atoms with Crippen molar-refractivity contribution in [1.82, 2.24) is 10.6 Å². The molecule has 1 aliphatic rings. The maximum Gasteiger partial charge on any atom is 0.408 e. The van der Waals surface area contributed by atoms with Crippen molar-refractivity contribution in [3.05, 3.63) is 48.6 Å². The summed E-state index contributed by atoms with van der Waals surface area (Å²) in [5, 5.41) is 14.3. The van der Waals surface area contributed by atoms with Crippen LogP contribution in [0, 0.1) is 23.7 Å². The SMILES string of the molecule is C=C.CC.COC(=O)C(NC(=O)c1ccc(C#CC2CC2CO)cc1)C(C)(C)NC(=O)OC(C)(C)C. The molecular formula is C28H42N2O6. The number of nitrogens with one attached hydrogen (secondary N) is 2. The monoisotopic (exact) mass is 502 g/mol. The first-order valence-corrected chi connectivity index (χ1v) is 12.0. The summed E-state index contributed by atoms with van der Waals surface area (Å²) in [5.41, 5.74) is -0.823. The van der Waals surface area contributed by atoms with Crippen LogP contribution in [0.2, 0.25) is 0 Å². The van der Waals surface area contributed by atoms with Gasteiger partial charge in [0, 0.05) is 23.7 Å². The topological polar surface area (TPSA) is 114 Å². The summed E-state index contributed by atoms with van der Waals surface area (Å²) >= 11 is 0. The Morgan fingerprint density at radius 3 is 2.11 bits per heavy atom. The number of rotatable bonds is 6. The van der Waals surface area contributed by atoms with Crippen LogP contribution in [-0.2, 0) is 14.3 Å². The van der Waals surface area contributed by atoms with Crippen LogP contribution >= 0.6 is 0 Å². The number of carbonyl (C=O) groups is 3. The van der Waals surface area contributed by atoms with Crippen molar-refractivity contribution in [3.63, 3.8) is 0 Å². The minimum Gasteiger partial charge on any atom is -0.467 e. The first-order valence-electron chi connectivity index (χ1n) is 12.0. The Labute approximate surface area is 215 Å². The van der Waals surface area contributed by atoms with E-state index in [1.165, 1.54) is 7.11 Å². The molecule has 1 fully saturated rings. The van der Waals surface area contributed by atoms with Gasteiger partial charge in [0.2, 0.25) is 0 Å². The van der Waals surface area contributed by atoms with Gasteiger partial charge in [-0.05, 0) is 71.2 Å². The summed E-state index contributed by atoms with van der Waals surface area (Å²) in [6.07, 6.45) is 0.194. The number of aliphatic hydroxyl groups excluding tert-OH is 1. The van der Waals surface area contributed by atoms with E-state index < -0.39 is 35.2 Å². The minimum atomic E-state index is -1.19. The number of hydrogen-bond acceptors (Lipinski definition) is 6. The maximum atomic E-state index is 12.8. The van der Waals surface area contributed by atoms with Gasteiger partial charge in [-0.25, -0.2) is 9.59 Å². The Kier molecular flexibility index (Phi) is 13.6. The Bertz CT molecular complexity index is 922. The fourth-order valence-corrected chi connectivity index (χ4v) is 3.01. The molecule has 8 nitrogen and oxygen atoms in total. The first-order chi connectivity index (χ1) is 16.9. The number of ether oxygens (including phenoxy) is 2. The smallest absolute Gasteiger partial charge is 0.408 e. The zero-order valence-electron chi connectivity index (χ0n) is 22.9. The van der Waals surface area contributed by atoms with Gasteiger partial charge in [-0.1, -0.05) is 25.7 Å². The molecule has 1 aromatic rings. The Morgan fingerprint density at radius 2 is 1.67 bits per heavy atom. The van der Waals surface area contributed by atoms with Crippen molar-refractivity contribution in [1.29, 1.82) is 0 Å². The molecule has 0 heterocycles. The molecule has 0 spiro atoms. The van der Waals surface area contributed by atoms with E-state index in [1.54, 1.807) is 58.9 Å². The van der Waals surface area contributed by atoms with Crippen LogP contribution in [0.1, 0.15) is 70.8 Å². The van der Waals surface area contributed by atoms with E-state index in [0.29, 0.717) is 5.56 Å². The number of carbonyl (C=O) groups excluding carboxylic acids is 3. The number of amides is 2. The largest absolute Gasteiger partial charge is 0.467 e. The normalized spacial score (nSPS) is 16.7. The predicted octanol–water partition coefficient (Wildman–Crippen LogP) is 4.07. The quantitative estimate of drug-likeness (QED) is 0.307. The number of alkyl carbamates (subject to hydrolysis) is 1. The molecule has 2 amide bonds. The number of hydrogen-bond donors (Lipinski definition) is 3. The van der Waals surface area contributed by atoms with E-state index in [-0.39, 0.29) is 18.4 Å². The van der Waals surface area contributed by atoms with Crippen LogP contribution in [0.4, 0.5) is 4.79 Å². The fourth-order valence-electron chi connectivity index (χ4n) is 3.01. The fraction of sp³-hybridized carbons (Fsp3) is 0.536. The van der Waals surface area contributed by atoms with Crippen molar-refractivity contribution < 1.29 is 29.0 Å². The second-order valence-electron chi connectivity index (χ2n) is 9.41. The molecule has 0 saturated heterocycles. The van der Waals surface area contributed by atoms with Crippen molar-refractivity contribution in [2.45, 2.75) is 72.1 Å². The van der Waals surface area contributed by atoms with Gasteiger partial charge in [0.05, 0.1) is 12.6 Å². The molecule has 2 rings (SSSR count). The first kappa shape index (κ1) is 32.7. The third-order valence-electron chi connectivity index (χ3n) is 4.96. The predicted molar refractivity (Wildman–Crippen MR) is 141 cm³/mol. The zero-order valence-corrected chi connectivity index (χ0v) is 22.9. The molecule has 3 unspecified atom stereocenters. The van der Waals surface area contributed by atoms with Gasteiger partial charge in [-0.15, -0.1) is 13.2 Å². The highest BCUT2D eigenvalue weighted by atomic mass is 16.6. The molecular weight excluding hydrogens is 460 g/mol. The van der Waals surface area contributed by atoms with E-state index in [2.05, 4.69) is 35.6 Å². The van der Waals surface area contributed by atoms with Crippen molar-refractivity contribution in [2.75, 3.05) is 13.7 Å². The van der Waals surface area contributed by atoms with Gasteiger partial charge in [0.25, 0.3) is 5.91 Å². The molecule has 8 heteroatoms. The number of aliphatic hydroxyl groups is 1. The van der Waals surface area contributed by atoms with E-state index in [4.69, 9.17) is 14.6 Å². The molecule has 0 aromatic heterocycles. The lowest BCUT2D eigenvalue weighted by Crippen LogP contribution is -2.62. The van der Waals surface area contributed by atoms with Gasteiger partial charge in [-0.2, -0.15) is 0 Å². The molecule has 3 atom stereocenters. The molecule has 1 saturated carbocycles. The average Bonchev–Trinajstić information content (AvgIpc) is 3.60. The van der Waals surface area contributed by atoms with Crippen molar-refractivity contribution >= 4 is 18.0 Å². The maximum absolute atomic E-state index is 12.8. The van der Waals surface area contributed by atoms with Crippen LogP contribution in [0.3, 0.4) is 0 Å². The van der Waals surface area contributed by atoms with E-state index >= 15 is 0 Å². The lowest BCUT2D eigenvalue weighted by atomic mass is 9.94. The summed E-state index contributed by atoms with van der Waals surface area (Å²) in [6, 6.07) is 5.50. The Balaban J connectivity index is 0.00000291. The Hall–Kier alpha value is -3.31. The second kappa shape index (κ2) is 14.9. The van der Waals surface area contributed by atoms with Crippen LogP contribution in [-0.4, -0.2) is 54.0 Å². The highest BCUT2D eigenvalue weighted by Crippen LogP contribution is 2.37. The molecule has 36 heavy (non-hydrogen) atoms. The summed E-state index contributed by atoms with van der Waals surface area (Å²) in [7, 11) is 1.21. The van der Waals surface area contributed by atoms with Crippen LogP contribution in [0.5, 0.6) is 0 Å². The number of benzene rings is 1. The van der Waals surface area contributed by atoms with Crippen molar-refractivity contribution in [3.8, 4) is 11.8 Å². The number of esters is 1. The van der Waals surface area contributed by atoms with Crippen LogP contribution in [0.15, 0.2) is 37.4 Å². The zero-order chi connectivity index (χ0) is 28.1. The molecule has 1 aliphatic carbocycles. The highest BCUT2D eigenvalue weighted by Gasteiger charge is 2.40. The molecule has 3 N–H and O–H groups in total. The second-order valence-corrected chi connectivity index (χ2v) is 9.41. The van der Waals surface area contributed by atoms with Crippen LogP contribution in [0.25, 0.3) is 0 Å². The summed E-state index contributed by atoms with van der Waals surface area (Å²) in [5.74, 6) is 5.44. The summed E-state index contributed by atoms with van der Waals surface area (Å²) in [4.78, 5) is 37.4. The van der Waals surface area contributed by atoms with E-state index in [1.807, 2.05) is 13.8 Å². The number of methoxy groups -OCH3 is 1. The molecule has 0 bridgehead atoms. The standard InChI is InChI=1S/C24H32N2O6.C2H6.C2H4/c1-23(2,3)32-22(30)26-24(4,5)19(21(29)31-6)25-20(28)16-10-7-15(8-11-16)9-12-17-13-18(17)14-27;2*1-2/h7-8,10-11,17-19,27H,13-14H2,1-6H3,(H,25,28)(H,26,30);1-2H3;1-2H2. The van der Waals surface area contributed by atoms with Gasteiger partial charge < -0.3 is 25.2 Å². The van der Waals surface area contributed by atoms with Gasteiger partial charge in [-0.3, -0.25) is 4.79 Å². The van der Waals surface area contributed by atoms with Gasteiger partial charge in [0.1, 0.15) is 11.6 Å². The van der Waals surface area contributed by atoms with E-state index in [0.717, 1.165) is 12.0 Å². The average molecular weight is 503 g/mol. The molecule has 0 radical (unpaired) electrons. The minimum absolute atomic E-state index is 0.152. The van der Waals surface area contributed by atoms with Gasteiger partial charge in [0.15, 0.2) is 0 Å². The Morgan fingerprint density at radius 1 is 1.11 bits per heavy atom. The summed E-state index contributed by atoms with van der Waals surface area (Å²) < 4.78 is 10.1. The third-order valence-corrected chi connectivity index (χ3v) is 4.96. The molecule has 1 aromatic carbocycles. The van der Waals surface area contributed by atoms with Crippen LogP contribution < -0.4 is 10.6 Å². The van der Waals surface area contributed by atoms with E-state index in [9.17, 15) is 14.4 Å².